The van der Waals surface area contributed by atoms with Crippen molar-refractivity contribution in [3.8, 4) is 17.0 Å². The minimum Gasteiger partial charge on any atom is -0.506 e. The van der Waals surface area contributed by atoms with Crippen LogP contribution in [0.2, 0.25) is 0 Å². The van der Waals surface area contributed by atoms with Crippen LogP contribution in [0.1, 0.15) is 15.9 Å². The maximum atomic E-state index is 12.9. The van der Waals surface area contributed by atoms with Gasteiger partial charge >= 0.3 is 0 Å². The van der Waals surface area contributed by atoms with Gasteiger partial charge in [0.2, 0.25) is 0 Å². The zero-order valence-electron chi connectivity index (χ0n) is 15.5. The van der Waals surface area contributed by atoms with Gasteiger partial charge in [-0.25, -0.2) is 10.4 Å². The molecule has 0 bridgehead atoms. The van der Waals surface area contributed by atoms with Gasteiger partial charge in [0.05, 0.1) is 30.1 Å². The summed E-state index contributed by atoms with van der Waals surface area (Å²) in [7, 11) is 0. The molecule has 0 fully saturated rings. The van der Waals surface area contributed by atoms with E-state index in [4.69, 9.17) is 4.98 Å². The third-order valence-corrected chi connectivity index (χ3v) is 6.09. The van der Waals surface area contributed by atoms with Crippen LogP contribution in [0.3, 0.4) is 0 Å². The first-order chi connectivity index (χ1) is 14.5. The van der Waals surface area contributed by atoms with Crippen LogP contribution in [0.5, 0.6) is 5.75 Å². The SMILES string of the molecule is O=C(N/N=C/c1cc(I)c(O)c(I)c1)c1cc(-c2ccccc2)nc2ccccc12. The lowest BCUT2D eigenvalue weighted by molar-refractivity contribution is 0.0956. The second-order valence-electron chi connectivity index (χ2n) is 6.47. The summed E-state index contributed by atoms with van der Waals surface area (Å²) in [6.45, 7) is 0. The van der Waals surface area contributed by atoms with Crippen molar-refractivity contribution in [3.05, 3.63) is 91.1 Å². The first-order valence-electron chi connectivity index (χ1n) is 8.99. The lowest BCUT2D eigenvalue weighted by Gasteiger charge is -2.09. The van der Waals surface area contributed by atoms with Crippen LogP contribution in [0.15, 0.2) is 77.9 Å². The number of aromatic nitrogens is 1. The summed E-state index contributed by atoms with van der Waals surface area (Å²) < 4.78 is 1.44. The van der Waals surface area contributed by atoms with Gasteiger partial charge < -0.3 is 5.11 Å². The number of fused-ring (bicyclic) bond motifs is 1. The molecule has 0 radical (unpaired) electrons. The smallest absolute Gasteiger partial charge is 0.272 e. The number of rotatable bonds is 4. The fraction of sp³-hybridized carbons (Fsp3) is 0. The van der Waals surface area contributed by atoms with Gasteiger partial charge in [-0.2, -0.15) is 5.10 Å². The number of hydrogen-bond acceptors (Lipinski definition) is 4. The van der Waals surface area contributed by atoms with Gasteiger partial charge in [-0.1, -0.05) is 48.5 Å². The maximum absolute atomic E-state index is 12.9. The molecule has 0 saturated heterocycles. The van der Waals surface area contributed by atoms with E-state index in [1.165, 1.54) is 0 Å². The summed E-state index contributed by atoms with van der Waals surface area (Å²) in [6.07, 6.45) is 1.56. The molecular formula is C23H15I2N3O2. The summed E-state index contributed by atoms with van der Waals surface area (Å²) in [5.41, 5.74) is 6.31. The number of nitrogens with one attached hydrogen (secondary N) is 1. The molecule has 0 unspecified atom stereocenters. The predicted molar refractivity (Wildman–Crippen MR) is 136 cm³/mol. The maximum Gasteiger partial charge on any atom is 0.272 e. The van der Waals surface area contributed by atoms with E-state index in [-0.39, 0.29) is 11.7 Å². The van der Waals surface area contributed by atoms with Crippen LogP contribution in [-0.2, 0) is 0 Å². The number of para-hydroxylation sites is 1. The standard InChI is InChI=1S/C23H15I2N3O2/c24-18-10-14(11-19(25)22(18)29)13-26-28-23(30)17-12-21(15-6-2-1-3-7-15)27-20-9-5-4-8-16(17)20/h1-13,29H,(H,28,30)/b26-13+. The third kappa shape index (κ3) is 4.46. The number of nitrogens with zero attached hydrogens (tertiary/aromatic N) is 2. The van der Waals surface area contributed by atoms with Crippen molar-refractivity contribution in [1.82, 2.24) is 10.4 Å². The lowest BCUT2D eigenvalue weighted by atomic mass is 10.0. The minimum atomic E-state index is -0.315. The zero-order chi connectivity index (χ0) is 21.1. The van der Waals surface area contributed by atoms with E-state index in [9.17, 15) is 9.90 Å². The highest BCUT2D eigenvalue weighted by atomic mass is 127. The molecule has 30 heavy (non-hydrogen) atoms. The van der Waals surface area contributed by atoms with E-state index < -0.39 is 0 Å². The Kier molecular flexibility index (Phi) is 6.28. The molecule has 4 rings (SSSR count). The van der Waals surface area contributed by atoms with E-state index in [1.54, 1.807) is 24.4 Å². The molecule has 4 aromatic rings. The van der Waals surface area contributed by atoms with Gasteiger partial charge in [-0.05, 0) is 75.0 Å². The van der Waals surface area contributed by atoms with Crippen molar-refractivity contribution < 1.29 is 9.90 Å². The molecule has 3 aromatic carbocycles. The molecule has 0 spiro atoms. The van der Waals surface area contributed by atoms with E-state index in [2.05, 4.69) is 55.7 Å². The van der Waals surface area contributed by atoms with Crippen molar-refractivity contribution in [1.29, 1.82) is 0 Å². The quantitative estimate of drug-likeness (QED) is 0.178. The van der Waals surface area contributed by atoms with E-state index in [0.717, 1.165) is 34.9 Å². The average Bonchev–Trinajstić information content (AvgIpc) is 2.77. The Balaban J connectivity index is 1.66. The largest absolute Gasteiger partial charge is 0.506 e. The Hall–Kier alpha value is -2.53. The highest BCUT2D eigenvalue weighted by molar-refractivity contribution is 14.1. The predicted octanol–water partition coefficient (Wildman–Crippen LogP) is 5.58. The van der Waals surface area contributed by atoms with Crippen molar-refractivity contribution >= 4 is 68.2 Å². The van der Waals surface area contributed by atoms with Gasteiger partial charge in [-0.3, -0.25) is 4.79 Å². The Morgan fingerprint density at radius 2 is 1.63 bits per heavy atom. The number of carbonyl (C=O) groups is 1. The second kappa shape index (κ2) is 9.09. The molecular weight excluding hydrogens is 604 g/mol. The van der Waals surface area contributed by atoms with Crippen LogP contribution in [-0.4, -0.2) is 22.2 Å². The Morgan fingerprint density at radius 1 is 0.967 bits per heavy atom. The van der Waals surface area contributed by atoms with Crippen molar-refractivity contribution in [3.63, 3.8) is 0 Å². The summed E-state index contributed by atoms with van der Waals surface area (Å²) in [5, 5.41) is 14.7. The average molecular weight is 619 g/mol. The van der Waals surface area contributed by atoms with Gasteiger partial charge in [0.15, 0.2) is 0 Å². The normalized spacial score (nSPS) is 11.1. The van der Waals surface area contributed by atoms with Crippen LogP contribution >= 0.6 is 45.2 Å². The molecule has 0 saturated carbocycles. The highest BCUT2D eigenvalue weighted by Crippen LogP contribution is 2.27. The number of halogens is 2. The van der Waals surface area contributed by atoms with Gasteiger partial charge in [0.25, 0.3) is 5.91 Å². The molecule has 1 amide bonds. The minimum absolute atomic E-state index is 0.245. The Bertz CT molecular complexity index is 1250. The van der Waals surface area contributed by atoms with Crippen molar-refractivity contribution in [2.45, 2.75) is 0 Å². The van der Waals surface area contributed by atoms with Crippen LogP contribution in [0.25, 0.3) is 22.2 Å². The number of carbonyl (C=O) groups excluding carboxylic acids is 1. The Morgan fingerprint density at radius 3 is 2.37 bits per heavy atom. The summed E-state index contributed by atoms with van der Waals surface area (Å²) in [6, 6.07) is 22.7. The van der Waals surface area contributed by atoms with Crippen molar-refractivity contribution in [2.24, 2.45) is 5.10 Å². The number of hydrogen-bond donors (Lipinski definition) is 2. The molecule has 0 atom stereocenters. The van der Waals surface area contributed by atoms with Gasteiger partial charge in [0, 0.05) is 10.9 Å². The number of hydrazone groups is 1. The summed E-state index contributed by atoms with van der Waals surface area (Å²) in [4.78, 5) is 17.6. The molecule has 1 heterocycles. The fourth-order valence-electron chi connectivity index (χ4n) is 3.01. The number of amides is 1. The van der Waals surface area contributed by atoms with Crippen LogP contribution in [0.4, 0.5) is 0 Å². The monoisotopic (exact) mass is 619 g/mol. The zero-order valence-corrected chi connectivity index (χ0v) is 19.8. The highest BCUT2D eigenvalue weighted by Gasteiger charge is 2.13. The Labute approximate surface area is 200 Å². The first-order valence-corrected chi connectivity index (χ1v) is 11.2. The fourth-order valence-corrected chi connectivity index (χ4v) is 4.82. The summed E-state index contributed by atoms with van der Waals surface area (Å²) >= 11 is 4.12. The molecule has 5 nitrogen and oxygen atoms in total. The molecule has 148 valence electrons. The number of phenolic OH excluding ortho intramolecular Hbond substituents is 1. The third-order valence-electron chi connectivity index (χ3n) is 4.45. The summed E-state index contributed by atoms with van der Waals surface area (Å²) in [5.74, 6) is -0.0701. The lowest BCUT2D eigenvalue weighted by Crippen LogP contribution is -2.18. The van der Waals surface area contributed by atoms with E-state index in [1.807, 2.05) is 54.6 Å². The van der Waals surface area contributed by atoms with Crippen LogP contribution < -0.4 is 5.43 Å². The molecule has 1 aromatic heterocycles. The molecule has 0 aliphatic carbocycles. The van der Waals surface area contributed by atoms with Gasteiger partial charge in [-0.15, -0.1) is 0 Å². The van der Waals surface area contributed by atoms with E-state index >= 15 is 0 Å². The molecule has 2 N–H and O–H groups in total. The van der Waals surface area contributed by atoms with Gasteiger partial charge in [0.1, 0.15) is 5.75 Å². The first kappa shape index (κ1) is 20.7. The van der Waals surface area contributed by atoms with Crippen LogP contribution in [0, 0.1) is 7.14 Å². The van der Waals surface area contributed by atoms with E-state index in [0.29, 0.717) is 5.56 Å². The molecule has 0 aliphatic heterocycles. The number of pyridine rings is 1. The second-order valence-corrected chi connectivity index (χ2v) is 8.79. The molecule has 0 aliphatic rings. The number of phenols is 1. The number of benzene rings is 3. The van der Waals surface area contributed by atoms with Crippen molar-refractivity contribution in [2.75, 3.05) is 0 Å². The molecule has 7 heteroatoms. The number of aromatic hydroxyl groups is 1. The topological polar surface area (TPSA) is 74.6 Å².